The van der Waals surface area contributed by atoms with Crippen LogP contribution in [0.15, 0.2) is 18.3 Å². The van der Waals surface area contributed by atoms with E-state index < -0.39 is 0 Å². The molecule has 0 saturated carbocycles. The molecule has 0 radical (unpaired) electrons. The highest BCUT2D eigenvalue weighted by atomic mass is 35.5. The lowest BCUT2D eigenvalue weighted by Crippen LogP contribution is -2.29. The van der Waals surface area contributed by atoms with Gasteiger partial charge in [-0.25, -0.2) is 5.84 Å². The third kappa shape index (κ3) is 1.86. The molecule has 58 valence electrons. The van der Waals surface area contributed by atoms with Crippen LogP contribution in [0, 0.1) is 0 Å². The summed E-state index contributed by atoms with van der Waals surface area (Å²) in [5, 5.41) is 0.496. The highest BCUT2D eigenvalue weighted by molar-refractivity contribution is 7.80. The van der Waals surface area contributed by atoms with Crippen molar-refractivity contribution in [2.45, 2.75) is 0 Å². The first-order valence-electron chi connectivity index (χ1n) is 2.87. The van der Waals surface area contributed by atoms with Crippen molar-refractivity contribution >= 4 is 28.8 Å². The average Bonchev–Trinajstić information content (AvgIpc) is 2.04. The van der Waals surface area contributed by atoms with Gasteiger partial charge in [-0.2, -0.15) is 0 Å². The second kappa shape index (κ2) is 3.61. The van der Waals surface area contributed by atoms with Gasteiger partial charge in [-0.1, -0.05) is 23.8 Å². The van der Waals surface area contributed by atoms with Crippen molar-refractivity contribution in [3.05, 3.63) is 29.0 Å². The zero-order valence-electron chi connectivity index (χ0n) is 5.54. The average molecular weight is 188 g/mol. The number of halogens is 1. The number of aromatic nitrogens is 1. The van der Waals surface area contributed by atoms with Crippen LogP contribution < -0.4 is 11.3 Å². The highest BCUT2D eigenvalue weighted by Crippen LogP contribution is 2.11. The summed E-state index contributed by atoms with van der Waals surface area (Å²) in [5.74, 6) is 5.08. The van der Waals surface area contributed by atoms with E-state index in [1.54, 1.807) is 18.3 Å². The molecular weight excluding hydrogens is 182 g/mol. The molecule has 3 nitrogen and oxygen atoms in total. The van der Waals surface area contributed by atoms with Crippen molar-refractivity contribution in [3.8, 4) is 0 Å². The maximum absolute atomic E-state index is 5.75. The fraction of sp³-hybridized carbons (Fsp3) is 0. The quantitative estimate of drug-likeness (QED) is 0.389. The lowest BCUT2D eigenvalue weighted by Gasteiger charge is -2.01. The first-order chi connectivity index (χ1) is 5.25. The molecule has 0 fully saturated rings. The van der Waals surface area contributed by atoms with E-state index in [1.165, 1.54) is 0 Å². The Morgan fingerprint density at radius 1 is 1.73 bits per heavy atom. The molecule has 0 unspecified atom stereocenters. The Morgan fingerprint density at radius 2 is 2.45 bits per heavy atom. The predicted molar refractivity (Wildman–Crippen MR) is 48.3 cm³/mol. The van der Waals surface area contributed by atoms with Gasteiger partial charge in [-0.15, -0.1) is 0 Å². The Morgan fingerprint density at radius 3 is 3.00 bits per heavy atom. The van der Waals surface area contributed by atoms with E-state index in [4.69, 9.17) is 29.7 Å². The van der Waals surface area contributed by atoms with E-state index in [0.29, 0.717) is 15.7 Å². The molecule has 1 heterocycles. The number of hydrogen-bond acceptors (Lipinski definition) is 3. The van der Waals surface area contributed by atoms with Crippen molar-refractivity contribution in [3.63, 3.8) is 0 Å². The van der Waals surface area contributed by atoms with Gasteiger partial charge in [0.2, 0.25) is 0 Å². The van der Waals surface area contributed by atoms with Crippen molar-refractivity contribution in [1.29, 1.82) is 0 Å². The predicted octanol–water partition coefficient (Wildman–Crippen LogP) is 0.874. The van der Waals surface area contributed by atoms with Crippen molar-refractivity contribution < 1.29 is 0 Å². The van der Waals surface area contributed by atoms with Gasteiger partial charge < -0.3 is 5.43 Å². The first-order valence-corrected chi connectivity index (χ1v) is 3.66. The Hall–Kier alpha value is -0.710. The molecule has 1 aromatic rings. The zero-order valence-corrected chi connectivity index (χ0v) is 7.12. The molecule has 0 aliphatic carbocycles. The van der Waals surface area contributed by atoms with Gasteiger partial charge in [-0.3, -0.25) is 4.98 Å². The Labute approximate surface area is 74.5 Å². The van der Waals surface area contributed by atoms with Crippen LogP contribution in [0.5, 0.6) is 0 Å². The Kier molecular flexibility index (Phi) is 2.76. The number of thiocarbonyl (C=S) groups is 1. The minimum absolute atomic E-state index is 0.343. The second-order valence-corrected chi connectivity index (χ2v) is 2.62. The number of hydrogen-bond donors (Lipinski definition) is 2. The molecule has 0 aliphatic heterocycles. The summed E-state index contributed by atoms with van der Waals surface area (Å²) in [6.45, 7) is 0. The van der Waals surface area contributed by atoms with Gasteiger partial charge in [0.15, 0.2) is 0 Å². The van der Waals surface area contributed by atoms with E-state index >= 15 is 0 Å². The number of hydrazine groups is 1. The minimum atomic E-state index is 0.343. The van der Waals surface area contributed by atoms with Gasteiger partial charge >= 0.3 is 0 Å². The summed E-state index contributed by atoms with van der Waals surface area (Å²) in [6, 6.07) is 3.43. The molecule has 0 aliphatic rings. The summed E-state index contributed by atoms with van der Waals surface area (Å²) in [4.78, 5) is 4.28. The van der Waals surface area contributed by atoms with Crippen LogP contribution in [0.3, 0.4) is 0 Å². The Bertz CT molecular complexity index is 276. The largest absolute Gasteiger partial charge is 0.313 e. The third-order valence-electron chi connectivity index (χ3n) is 1.10. The third-order valence-corrected chi connectivity index (χ3v) is 1.72. The summed E-state index contributed by atoms with van der Waals surface area (Å²) in [5.41, 5.74) is 2.81. The number of rotatable bonds is 1. The normalized spacial score (nSPS) is 9.27. The summed E-state index contributed by atoms with van der Waals surface area (Å²) in [6.07, 6.45) is 1.60. The van der Waals surface area contributed by atoms with Crippen LogP contribution in [-0.2, 0) is 0 Å². The fourth-order valence-corrected chi connectivity index (χ4v) is 1.06. The maximum atomic E-state index is 5.75. The summed E-state index contributed by atoms with van der Waals surface area (Å²) in [7, 11) is 0. The molecule has 5 heteroatoms. The monoisotopic (exact) mass is 187 g/mol. The van der Waals surface area contributed by atoms with Crippen LogP contribution in [-0.4, -0.2) is 9.97 Å². The molecule has 1 aromatic heterocycles. The lowest BCUT2D eigenvalue weighted by atomic mass is 10.3. The molecule has 0 saturated heterocycles. The summed E-state index contributed by atoms with van der Waals surface area (Å²) < 4.78 is 0. The standard InChI is InChI=1S/C6H6ClN3S/c7-4-2-1-3-9-5(4)6(11)10-8/h1-3H,8H2,(H,10,11). The van der Waals surface area contributed by atoms with E-state index in [9.17, 15) is 0 Å². The smallest absolute Gasteiger partial charge is 0.140 e. The second-order valence-electron chi connectivity index (χ2n) is 1.81. The van der Waals surface area contributed by atoms with E-state index in [2.05, 4.69) is 10.4 Å². The van der Waals surface area contributed by atoms with Crippen LogP contribution >= 0.6 is 23.8 Å². The highest BCUT2D eigenvalue weighted by Gasteiger charge is 2.03. The van der Waals surface area contributed by atoms with E-state index in [0.717, 1.165) is 0 Å². The molecule has 3 N–H and O–H groups in total. The van der Waals surface area contributed by atoms with Crippen LogP contribution in [0.2, 0.25) is 5.02 Å². The molecule has 0 atom stereocenters. The molecule has 0 aromatic carbocycles. The molecule has 0 amide bonds. The van der Waals surface area contributed by atoms with Crippen molar-refractivity contribution in [2.24, 2.45) is 5.84 Å². The van der Waals surface area contributed by atoms with Crippen LogP contribution in [0.25, 0.3) is 0 Å². The summed E-state index contributed by atoms with van der Waals surface area (Å²) >= 11 is 10.6. The van der Waals surface area contributed by atoms with E-state index in [1.807, 2.05) is 0 Å². The van der Waals surface area contributed by atoms with Gasteiger partial charge in [-0.05, 0) is 12.1 Å². The number of nitrogens with two attached hydrogens (primary N) is 1. The zero-order chi connectivity index (χ0) is 8.27. The minimum Gasteiger partial charge on any atom is -0.313 e. The first kappa shape index (κ1) is 8.39. The molecule has 1 rings (SSSR count). The van der Waals surface area contributed by atoms with Gasteiger partial charge in [0.05, 0.1) is 5.02 Å². The molecule has 11 heavy (non-hydrogen) atoms. The number of pyridine rings is 1. The van der Waals surface area contributed by atoms with Gasteiger partial charge in [0.25, 0.3) is 0 Å². The van der Waals surface area contributed by atoms with Crippen molar-refractivity contribution in [1.82, 2.24) is 10.4 Å². The Balaban J connectivity index is 3.03. The lowest BCUT2D eigenvalue weighted by molar-refractivity contribution is 1.04. The number of nitrogens with one attached hydrogen (secondary N) is 1. The van der Waals surface area contributed by atoms with Crippen LogP contribution in [0.4, 0.5) is 0 Å². The van der Waals surface area contributed by atoms with Gasteiger partial charge in [0, 0.05) is 6.20 Å². The fourth-order valence-electron chi connectivity index (χ4n) is 0.621. The van der Waals surface area contributed by atoms with E-state index in [-0.39, 0.29) is 0 Å². The number of nitrogens with zero attached hydrogens (tertiary/aromatic N) is 1. The molecule has 0 bridgehead atoms. The molecular formula is C6H6ClN3S. The van der Waals surface area contributed by atoms with Crippen LogP contribution in [0.1, 0.15) is 5.69 Å². The molecule has 0 spiro atoms. The van der Waals surface area contributed by atoms with Crippen molar-refractivity contribution in [2.75, 3.05) is 0 Å². The topological polar surface area (TPSA) is 50.9 Å². The maximum Gasteiger partial charge on any atom is 0.140 e. The van der Waals surface area contributed by atoms with Gasteiger partial charge in [0.1, 0.15) is 10.7 Å². The SMILES string of the molecule is NNC(=S)c1ncccc1Cl.